The van der Waals surface area contributed by atoms with Crippen molar-refractivity contribution in [3.8, 4) is 0 Å². The largest absolute Gasteiger partial charge is 0.462 e. The summed E-state index contributed by atoms with van der Waals surface area (Å²) in [6, 6.07) is 0. The summed E-state index contributed by atoms with van der Waals surface area (Å²) in [5.41, 5.74) is 0.655. The molecule has 11 heteroatoms. The van der Waals surface area contributed by atoms with E-state index in [1.165, 1.54) is 40.9 Å². The van der Waals surface area contributed by atoms with Gasteiger partial charge in [-0.05, 0) is 36.6 Å². The van der Waals surface area contributed by atoms with Gasteiger partial charge in [-0.25, -0.2) is 14.6 Å². The van der Waals surface area contributed by atoms with Crippen LogP contribution in [0.1, 0.15) is 41.6 Å². The van der Waals surface area contributed by atoms with Crippen LogP contribution in [0.2, 0.25) is 0 Å². The summed E-state index contributed by atoms with van der Waals surface area (Å²) in [6.07, 6.45) is 3.38. The molecule has 1 aliphatic carbocycles. The average Bonchev–Trinajstić information content (AvgIpc) is 3.34. The number of nitrogens with one attached hydrogen (secondary N) is 1. The third-order valence-corrected chi connectivity index (χ3v) is 6.01. The van der Waals surface area contributed by atoms with Crippen molar-refractivity contribution in [3.63, 3.8) is 0 Å². The summed E-state index contributed by atoms with van der Waals surface area (Å²) in [7, 11) is 2.89. The zero-order valence-electron chi connectivity index (χ0n) is 16.8. The van der Waals surface area contributed by atoms with Crippen LogP contribution in [0, 0.1) is 0 Å². The molecule has 0 unspecified atom stereocenters. The number of hydrogen-bond donors (Lipinski definition) is 1. The lowest BCUT2D eigenvalue weighted by molar-refractivity contribution is -0.116. The van der Waals surface area contributed by atoms with E-state index in [4.69, 9.17) is 4.74 Å². The van der Waals surface area contributed by atoms with Gasteiger partial charge in [0.05, 0.1) is 18.5 Å². The second-order valence-corrected chi connectivity index (χ2v) is 8.07. The Labute approximate surface area is 174 Å². The monoisotopic (exact) mass is 431 g/mol. The van der Waals surface area contributed by atoms with E-state index < -0.39 is 23.1 Å². The molecule has 158 valence electrons. The molecule has 0 atom stereocenters. The van der Waals surface area contributed by atoms with E-state index in [2.05, 4.69) is 10.3 Å². The average molecular weight is 431 g/mol. The first-order chi connectivity index (χ1) is 14.3. The van der Waals surface area contributed by atoms with Crippen molar-refractivity contribution in [1.29, 1.82) is 0 Å². The van der Waals surface area contributed by atoms with Gasteiger partial charge in [0.25, 0.3) is 5.56 Å². The number of nitrogens with zero attached hydrogens (tertiary/aromatic N) is 4. The highest BCUT2D eigenvalue weighted by molar-refractivity contribution is 7.15. The molecule has 1 fully saturated rings. The van der Waals surface area contributed by atoms with E-state index >= 15 is 0 Å². The van der Waals surface area contributed by atoms with Gasteiger partial charge in [-0.1, -0.05) is 0 Å². The molecule has 1 N–H and O–H groups in total. The summed E-state index contributed by atoms with van der Waals surface area (Å²) in [6.45, 7) is 1.79. The minimum Gasteiger partial charge on any atom is -0.462 e. The highest BCUT2D eigenvalue weighted by atomic mass is 32.1. The zero-order valence-corrected chi connectivity index (χ0v) is 17.6. The van der Waals surface area contributed by atoms with Gasteiger partial charge in [0.2, 0.25) is 5.91 Å². The molecule has 10 nitrogen and oxygen atoms in total. The van der Waals surface area contributed by atoms with Gasteiger partial charge >= 0.3 is 11.7 Å². The lowest BCUT2D eigenvalue weighted by atomic mass is 10.1. The van der Waals surface area contributed by atoms with Crippen molar-refractivity contribution in [2.75, 3.05) is 11.9 Å². The molecule has 0 bridgehead atoms. The quantitative estimate of drug-likeness (QED) is 0.586. The number of carbonyl (C=O) groups excluding carboxylic acids is 2. The molecule has 0 aliphatic heterocycles. The Morgan fingerprint density at radius 3 is 2.67 bits per heavy atom. The van der Waals surface area contributed by atoms with Gasteiger partial charge in [-0.15, -0.1) is 11.3 Å². The zero-order chi connectivity index (χ0) is 21.6. The molecule has 3 aromatic heterocycles. The van der Waals surface area contributed by atoms with E-state index in [0.717, 1.165) is 23.0 Å². The third kappa shape index (κ3) is 3.34. The van der Waals surface area contributed by atoms with Crippen LogP contribution < -0.4 is 16.6 Å². The first kappa shape index (κ1) is 20.1. The first-order valence-corrected chi connectivity index (χ1v) is 10.4. The number of rotatable bonds is 6. The fourth-order valence-corrected chi connectivity index (χ4v) is 4.46. The highest BCUT2D eigenvalue weighted by Crippen LogP contribution is 2.46. The molecule has 1 aliphatic rings. The molecular formula is C19H21N5O5S. The van der Waals surface area contributed by atoms with Crippen LogP contribution in [0.5, 0.6) is 0 Å². The number of hydrogen-bond acceptors (Lipinski definition) is 7. The molecule has 0 radical (unpaired) electrons. The maximum Gasteiger partial charge on any atom is 0.341 e. The van der Waals surface area contributed by atoms with Crippen LogP contribution in [-0.2, 0) is 30.2 Å². The van der Waals surface area contributed by atoms with Gasteiger partial charge < -0.3 is 14.6 Å². The van der Waals surface area contributed by atoms with Crippen LogP contribution in [0.25, 0.3) is 11.2 Å². The predicted molar refractivity (Wildman–Crippen MR) is 111 cm³/mol. The van der Waals surface area contributed by atoms with Crippen molar-refractivity contribution in [2.45, 2.75) is 32.2 Å². The Hall–Kier alpha value is -3.21. The van der Waals surface area contributed by atoms with E-state index in [1.807, 2.05) is 5.38 Å². The van der Waals surface area contributed by atoms with Crippen LogP contribution in [0.4, 0.5) is 5.00 Å². The Kier molecular flexibility index (Phi) is 5.06. The number of imidazole rings is 1. The van der Waals surface area contributed by atoms with Gasteiger partial charge in [-0.2, -0.15) is 0 Å². The SMILES string of the molecule is CCOC(=O)c1c(C2CC2)csc1NC(=O)Cn1cnc2c1c(=O)n(C)c(=O)n2C. The summed E-state index contributed by atoms with van der Waals surface area (Å²) >= 11 is 1.28. The lowest BCUT2D eigenvalue weighted by Crippen LogP contribution is -2.37. The maximum absolute atomic E-state index is 12.7. The van der Waals surface area contributed by atoms with Gasteiger partial charge in [0.15, 0.2) is 11.2 Å². The Bertz CT molecular complexity index is 1280. The molecule has 0 aromatic carbocycles. The number of thiophene rings is 1. The third-order valence-electron chi connectivity index (χ3n) is 5.10. The van der Waals surface area contributed by atoms with Crippen molar-refractivity contribution < 1.29 is 14.3 Å². The molecule has 30 heavy (non-hydrogen) atoms. The minimum atomic E-state index is -0.530. The standard InChI is InChI=1S/C19H21N5O5S/c1-4-29-18(27)13-11(10-5-6-10)8-30-16(13)21-12(25)7-24-9-20-15-14(24)17(26)23(3)19(28)22(15)2/h8-10H,4-7H2,1-3H3,(H,21,25). The molecule has 3 heterocycles. The predicted octanol–water partition coefficient (Wildman–Crippen LogP) is 1.19. The molecule has 4 rings (SSSR count). The fraction of sp³-hybridized carbons (Fsp3) is 0.421. The van der Waals surface area contributed by atoms with Crippen molar-refractivity contribution >= 4 is 39.4 Å². The smallest absolute Gasteiger partial charge is 0.341 e. The molecule has 1 amide bonds. The van der Waals surface area contributed by atoms with E-state index in [-0.39, 0.29) is 24.3 Å². The van der Waals surface area contributed by atoms with Crippen molar-refractivity contribution in [2.24, 2.45) is 14.1 Å². The number of fused-ring (bicyclic) bond motifs is 1. The van der Waals surface area contributed by atoms with Crippen LogP contribution in [0.3, 0.4) is 0 Å². The van der Waals surface area contributed by atoms with Crippen LogP contribution in [0.15, 0.2) is 21.3 Å². The van der Waals surface area contributed by atoms with E-state index in [1.54, 1.807) is 6.92 Å². The number of esters is 1. The fourth-order valence-electron chi connectivity index (χ4n) is 3.41. The lowest BCUT2D eigenvalue weighted by Gasteiger charge is -2.09. The normalized spacial score (nSPS) is 13.6. The van der Waals surface area contributed by atoms with Gasteiger partial charge in [0.1, 0.15) is 11.5 Å². The minimum absolute atomic E-state index is 0.158. The Morgan fingerprint density at radius 2 is 2.00 bits per heavy atom. The number of aromatic nitrogens is 4. The van der Waals surface area contributed by atoms with Crippen LogP contribution in [-0.4, -0.2) is 37.2 Å². The van der Waals surface area contributed by atoms with Gasteiger partial charge in [-0.3, -0.25) is 18.7 Å². The number of aryl methyl sites for hydroxylation is 1. The number of carbonyl (C=O) groups is 2. The second-order valence-electron chi connectivity index (χ2n) is 7.19. The highest BCUT2D eigenvalue weighted by Gasteiger charge is 2.32. The maximum atomic E-state index is 12.7. The van der Waals surface area contributed by atoms with Crippen molar-refractivity contribution in [3.05, 3.63) is 43.7 Å². The molecular weight excluding hydrogens is 410 g/mol. The van der Waals surface area contributed by atoms with Gasteiger partial charge in [0, 0.05) is 14.1 Å². The molecule has 0 spiro atoms. The van der Waals surface area contributed by atoms with Crippen LogP contribution >= 0.6 is 11.3 Å². The van der Waals surface area contributed by atoms with E-state index in [0.29, 0.717) is 16.5 Å². The summed E-state index contributed by atoms with van der Waals surface area (Å²) < 4.78 is 8.79. The molecule has 0 saturated heterocycles. The van der Waals surface area contributed by atoms with E-state index in [9.17, 15) is 19.2 Å². The Balaban J connectivity index is 1.63. The second kappa shape index (κ2) is 7.56. The molecule has 1 saturated carbocycles. The van der Waals surface area contributed by atoms with Crippen molar-refractivity contribution in [1.82, 2.24) is 18.7 Å². The number of anilines is 1. The summed E-state index contributed by atoms with van der Waals surface area (Å²) in [5, 5.41) is 5.09. The first-order valence-electron chi connectivity index (χ1n) is 9.52. The number of amides is 1. The topological polar surface area (TPSA) is 117 Å². The molecule has 3 aromatic rings. The number of ether oxygens (including phenoxy) is 1. The Morgan fingerprint density at radius 1 is 1.27 bits per heavy atom. The summed E-state index contributed by atoms with van der Waals surface area (Å²) in [5.74, 6) is -0.541. The summed E-state index contributed by atoms with van der Waals surface area (Å²) in [4.78, 5) is 53.8.